The number of ketones is 1. The molecule has 0 aliphatic heterocycles. The van der Waals surface area contributed by atoms with E-state index in [0.29, 0.717) is 11.4 Å². The fourth-order valence-electron chi connectivity index (χ4n) is 1.58. The van der Waals surface area contributed by atoms with Gasteiger partial charge in [0.05, 0.1) is 0 Å². The fraction of sp³-hybridized carbons (Fsp3) is 0.200. The second kappa shape index (κ2) is 5.00. The summed E-state index contributed by atoms with van der Waals surface area (Å²) in [7, 11) is 0. The van der Waals surface area contributed by atoms with Gasteiger partial charge in [0.15, 0.2) is 5.78 Å². The third kappa shape index (κ3) is 2.74. The average molecular weight is 241 g/mol. The molecule has 2 rings (SSSR count). The van der Waals surface area contributed by atoms with Crippen LogP contribution in [0.5, 0.6) is 11.6 Å². The van der Waals surface area contributed by atoms with Crippen LogP contribution in [0.2, 0.25) is 0 Å². The van der Waals surface area contributed by atoms with Crippen LogP contribution in [0.3, 0.4) is 0 Å². The molecule has 0 N–H and O–H groups in total. The molecule has 18 heavy (non-hydrogen) atoms. The van der Waals surface area contributed by atoms with Crippen LogP contribution in [0.25, 0.3) is 0 Å². The number of nitrogens with zero attached hydrogens (tertiary/aromatic N) is 1. The van der Waals surface area contributed by atoms with Crippen LogP contribution in [0.15, 0.2) is 36.5 Å². The molecule has 0 unspecified atom stereocenters. The summed E-state index contributed by atoms with van der Waals surface area (Å²) in [5.74, 6) is 1.17. The highest BCUT2D eigenvalue weighted by Crippen LogP contribution is 2.22. The lowest BCUT2D eigenvalue weighted by molar-refractivity contribution is 0.101. The van der Waals surface area contributed by atoms with Gasteiger partial charge in [-0.2, -0.15) is 0 Å². The summed E-state index contributed by atoms with van der Waals surface area (Å²) >= 11 is 0. The van der Waals surface area contributed by atoms with Crippen molar-refractivity contribution >= 4 is 5.78 Å². The summed E-state index contributed by atoms with van der Waals surface area (Å²) < 4.78 is 5.64. The maximum Gasteiger partial charge on any atom is 0.219 e. The number of aryl methyl sites for hydroxylation is 2. The molecule has 0 spiro atoms. The lowest BCUT2D eigenvalue weighted by Gasteiger charge is -2.07. The summed E-state index contributed by atoms with van der Waals surface area (Å²) in [4.78, 5) is 15.4. The number of Topliss-reactive ketones (excluding diaryl/α,β-unsaturated/α-hetero) is 1. The first-order valence-electron chi connectivity index (χ1n) is 5.78. The topological polar surface area (TPSA) is 39.2 Å². The molecule has 92 valence electrons. The highest BCUT2D eigenvalue weighted by molar-refractivity contribution is 5.94. The molecule has 0 saturated heterocycles. The Morgan fingerprint density at radius 2 is 1.89 bits per heavy atom. The van der Waals surface area contributed by atoms with Crippen molar-refractivity contribution in [2.45, 2.75) is 20.8 Å². The van der Waals surface area contributed by atoms with Crippen molar-refractivity contribution < 1.29 is 9.53 Å². The number of benzene rings is 1. The van der Waals surface area contributed by atoms with Crippen LogP contribution >= 0.6 is 0 Å². The number of rotatable bonds is 3. The predicted octanol–water partition coefficient (Wildman–Crippen LogP) is 3.69. The van der Waals surface area contributed by atoms with Crippen molar-refractivity contribution in [1.29, 1.82) is 0 Å². The maximum atomic E-state index is 11.3. The Hall–Kier alpha value is -2.16. The van der Waals surface area contributed by atoms with E-state index in [0.717, 1.165) is 11.3 Å². The third-order valence-corrected chi connectivity index (χ3v) is 2.84. The van der Waals surface area contributed by atoms with E-state index in [4.69, 9.17) is 4.74 Å². The first-order valence-corrected chi connectivity index (χ1v) is 5.78. The normalized spacial score (nSPS) is 10.2. The summed E-state index contributed by atoms with van der Waals surface area (Å²) in [5, 5.41) is 0. The standard InChI is InChI=1S/C15H15NO2/c1-10-4-5-14(8-11(10)2)18-15-9-13(12(3)17)6-7-16-15/h4-9H,1-3H3. The van der Waals surface area contributed by atoms with Crippen LogP contribution in [0, 0.1) is 13.8 Å². The van der Waals surface area contributed by atoms with Crippen LogP contribution < -0.4 is 4.74 Å². The largest absolute Gasteiger partial charge is 0.439 e. The molecule has 1 aromatic heterocycles. The minimum atomic E-state index is 0.00216. The summed E-state index contributed by atoms with van der Waals surface area (Å²) in [6.45, 7) is 5.60. The quantitative estimate of drug-likeness (QED) is 0.769. The molecular formula is C15H15NO2. The summed E-state index contributed by atoms with van der Waals surface area (Å²) in [6, 6.07) is 9.18. The first kappa shape index (κ1) is 12.3. The van der Waals surface area contributed by atoms with Crippen LogP contribution in [-0.4, -0.2) is 10.8 Å². The molecule has 0 fully saturated rings. The lowest BCUT2D eigenvalue weighted by atomic mass is 10.1. The lowest BCUT2D eigenvalue weighted by Crippen LogP contribution is -1.95. The number of ether oxygens (including phenoxy) is 1. The molecule has 0 bridgehead atoms. The van der Waals surface area contributed by atoms with Gasteiger partial charge in [-0.05, 0) is 50.1 Å². The highest BCUT2D eigenvalue weighted by atomic mass is 16.5. The smallest absolute Gasteiger partial charge is 0.219 e. The number of hydrogen-bond acceptors (Lipinski definition) is 3. The van der Waals surface area contributed by atoms with Crippen molar-refractivity contribution in [1.82, 2.24) is 4.98 Å². The maximum absolute atomic E-state index is 11.3. The fourth-order valence-corrected chi connectivity index (χ4v) is 1.58. The molecule has 0 atom stereocenters. The Labute approximate surface area is 106 Å². The molecule has 1 aromatic carbocycles. The molecule has 3 nitrogen and oxygen atoms in total. The van der Waals surface area contributed by atoms with E-state index in [1.165, 1.54) is 12.5 Å². The zero-order valence-electron chi connectivity index (χ0n) is 10.7. The molecule has 0 radical (unpaired) electrons. The SMILES string of the molecule is CC(=O)c1ccnc(Oc2ccc(C)c(C)c2)c1. The molecule has 2 aromatic rings. The van der Waals surface area contributed by atoms with Gasteiger partial charge in [0.1, 0.15) is 5.75 Å². The van der Waals surface area contributed by atoms with Crippen molar-refractivity contribution in [3.05, 3.63) is 53.2 Å². The Morgan fingerprint density at radius 1 is 1.11 bits per heavy atom. The van der Waals surface area contributed by atoms with Gasteiger partial charge < -0.3 is 4.74 Å². The van der Waals surface area contributed by atoms with E-state index in [1.807, 2.05) is 32.0 Å². The van der Waals surface area contributed by atoms with E-state index in [9.17, 15) is 4.79 Å². The van der Waals surface area contributed by atoms with Gasteiger partial charge in [-0.15, -0.1) is 0 Å². The van der Waals surface area contributed by atoms with Gasteiger partial charge in [-0.1, -0.05) is 6.07 Å². The molecule has 1 heterocycles. The van der Waals surface area contributed by atoms with Gasteiger partial charge >= 0.3 is 0 Å². The average Bonchev–Trinajstić information content (AvgIpc) is 2.34. The number of hydrogen-bond donors (Lipinski definition) is 0. The minimum absolute atomic E-state index is 0.00216. The van der Waals surface area contributed by atoms with Crippen LogP contribution in [0.4, 0.5) is 0 Å². The highest BCUT2D eigenvalue weighted by Gasteiger charge is 2.04. The Balaban J connectivity index is 2.25. The van der Waals surface area contributed by atoms with Gasteiger partial charge in [-0.3, -0.25) is 4.79 Å². The monoisotopic (exact) mass is 241 g/mol. The van der Waals surface area contributed by atoms with Crippen LogP contribution in [0.1, 0.15) is 28.4 Å². The zero-order valence-corrected chi connectivity index (χ0v) is 10.7. The summed E-state index contributed by atoms with van der Waals surface area (Å²) in [5.41, 5.74) is 2.98. The summed E-state index contributed by atoms with van der Waals surface area (Å²) in [6.07, 6.45) is 1.58. The Morgan fingerprint density at radius 3 is 2.56 bits per heavy atom. The number of aromatic nitrogens is 1. The van der Waals surface area contributed by atoms with Crippen molar-refractivity contribution in [3.8, 4) is 11.6 Å². The predicted molar refractivity (Wildman–Crippen MR) is 70.2 cm³/mol. The van der Waals surface area contributed by atoms with Crippen LogP contribution in [-0.2, 0) is 0 Å². The van der Waals surface area contributed by atoms with Crippen molar-refractivity contribution in [2.24, 2.45) is 0 Å². The second-order valence-electron chi connectivity index (χ2n) is 4.29. The van der Waals surface area contributed by atoms with Crippen molar-refractivity contribution in [2.75, 3.05) is 0 Å². The van der Waals surface area contributed by atoms with E-state index in [1.54, 1.807) is 18.3 Å². The molecule has 0 aliphatic rings. The molecular weight excluding hydrogens is 226 g/mol. The van der Waals surface area contributed by atoms with E-state index >= 15 is 0 Å². The molecule has 0 saturated carbocycles. The van der Waals surface area contributed by atoms with Gasteiger partial charge in [0.2, 0.25) is 5.88 Å². The minimum Gasteiger partial charge on any atom is -0.439 e. The molecule has 0 amide bonds. The van der Waals surface area contributed by atoms with Gasteiger partial charge in [-0.25, -0.2) is 4.98 Å². The Kier molecular flexibility index (Phi) is 3.42. The van der Waals surface area contributed by atoms with Crippen molar-refractivity contribution in [3.63, 3.8) is 0 Å². The number of carbonyl (C=O) groups excluding carboxylic acids is 1. The molecule has 0 aliphatic carbocycles. The van der Waals surface area contributed by atoms with E-state index < -0.39 is 0 Å². The van der Waals surface area contributed by atoms with Gasteiger partial charge in [0, 0.05) is 17.8 Å². The number of carbonyl (C=O) groups is 1. The second-order valence-corrected chi connectivity index (χ2v) is 4.29. The van der Waals surface area contributed by atoms with E-state index in [2.05, 4.69) is 4.98 Å². The van der Waals surface area contributed by atoms with E-state index in [-0.39, 0.29) is 5.78 Å². The zero-order chi connectivity index (χ0) is 13.1. The third-order valence-electron chi connectivity index (χ3n) is 2.84. The first-order chi connectivity index (χ1) is 8.56. The Bertz CT molecular complexity index is 591. The van der Waals surface area contributed by atoms with Gasteiger partial charge in [0.25, 0.3) is 0 Å². The number of pyridine rings is 1. The molecule has 3 heteroatoms.